The van der Waals surface area contributed by atoms with Gasteiger partial charge in [-0.3, -0.25) is 4.79 Å². The average molecular weight is 432 g/mol. The van der Waals surface area contributed by atoms with Crippen molar-refractivity contribution in [3.8, 4) is 5.75 Å². The second kappa shape index (κ2) is 9.43. The minimum atomic E-state index is -3.69. The number of benzene rings is 1. The van der Waals surface area contributed by atoms with Crippen LogP contribution in [0, 0.1) is 5.41 Å². The van der Waals surface area contributed by atoms with Crippen LogP contribution in [0.25, 0.3) is 0 Å². The van der Waals surface area contributed by atoms with Crippen molar-refractivity contribution in [2.24, 2.45) is 11.1 Å². The lowest BCUT2D eigenvalue weighted by molar-refractivity contribution is -0.118. The Bertz CT molecular complexity index is 790. The lowest BCUT2D eigenvalue weighted by atomic mass is 9.71. The predicted octanol–water partition coefficient (Wildman–Crippen LogP) is 2.80. The number of amides is 1. The standard InChI is InChI=1S/C19H29N3O4S.ClH/c1-26-16-8-7-15(11-17(16)27(24,25)22-14-5-6-14)21-18(23)12-19(13-20)9-3-2-4-10-19;/h7-8,11,14,22H,2-6,9-10,12-13,20H2,1H3,(H,21,23);1H. The number of nitrogens with two attached hydrogens (primary N) is 1. The quantitative estimate of drug-likeness (QED) is 0.586. The fourth-order valence-electron chi connectivity index (χ4n) is 3.75. The maximum absolute atomic E-state index is 12.6. The number of hydrogen-bond acceptors (Lipinski definition) is 5. The Morgan fingerprint density at radius 1 is 1.25 bits per heavy atom. The molecule has 1 aromatic rings. The molecule has 0 atom stereocenters. The van der Waals surface area contributed by atoms with E-state index in [0.29, 0.717) is 18.7 Å². The summed E-state index contributed by atoms with van der Waals surface area (Å²) < 4.78 is 33.0. The molecule has 0 bridgehead atoms. The largest absolute Gasteiger partial charge is 0.495 e. The van der Waals surface area contributed by atoms with Crippen molar-refractivity contribution in [2.75, 3.05) is 19.0 Å². The Morgan fingerprint density at radius 2 is 1.93 bits per heavy atom. The Labute approximate surface area is 173 Å². The van der Waals surface area contributed by atoms with E-state index in [2.05, 4.69) is 10.0 Å². The van der Waals surface area contributed by atoms with E-state index >= 15 is 0 Å². The van der Waals surface area contributed by atoms with E-state index in [1.165, 1.54) is 19.6 Å². The van der Waals surface area contributed by atoms with Crippen LogP contribution in [-0.2, 0) is 14.8 Å². The second-order valence-corrected chi connectivity index (χ2v) is 9.43. The van der Waals surface area contributed by atoms with Gasteiger partial charge in [-0.05, 0) is 55.8 Å². The third kappa shape index (κ3) is 5.59. The molecule has 0 saturated heterocycles. The van der Waals surface area contributed by atoms with Gasteiger partial charge in [0.05, 0.1) is 7.11 Å². The Balaban J connectivity index is 0.00000280. The maximum Gasteiger partial charge on any atom is 0.244 e. The molecule has 2 fully saturated rings. The normalized spacial score (nSPS) is 18.8. The summed E-state index contributed by atoms with van der Waals surface area (Å²) in [6, 6.07) is 4.67. The van der Waals surface area contributed by atoms with Gasteiger partial charge < -0.3 is 15.8 Å². The molecule has 158 valence electrons. The minimum Gasteiger partial charge on any atom is -0.495 e. The van der Waals surface area contributed by atoms with E-state index < -0.39 is 10.0 Å². The molecule has 0 aliphatic heterocycles. The predicted molar refractivity (Wildman–Crippen MR) is 111 cm³/mol. The van der Waals surface area contributed by atoms with Gasteiger partial charge in [-0.1, -0.05) is 19.3 Å². The summed E-state index contributed by atoms with van der Waals surface area (Å²) in [5.41, 5.74) is 6.27. The van der Waals surface area contributed by atoms with Crippen molar-refractivity contribution >= 4 is 34.0 Å². The van der Waals surface area contributed by atoms with Crippen LogP contribution < -0.4 is 20.5 Å². The Hall–Kier alpha value is -1.35. The number of carbonyl (C=O) groups excluding carboxylic acids is 1. The summed E-state index contributed by atoms with van der Waals surface area (Å²) in [6.07, 6.45) is 7.37. The molecule has 0 aromatic heterocycles. The van der Waals surface area contributed by atoms with Crippen LogP contribution in [0.4, 0.5) is 5.69 Å². The lowest BCUT2D eigenvalue weighted by Crippen LogP contribution is -2.36. The van der Waals surface area contributed by atoms with Crippen molar-refractivity contribution in [3.05, 3.63) is 18.2 Å². The molecule has 2 saturated carbocycles. The minimum absolute atomic E-state index is 0. The van der Waals surface area contributed by atoms with Crippen LogP contribution in [0.2, 0.25) is 0 Å². The Kier molecular flexibility index (Phi) is 7.73. The van der Waals surface area contributed by atoms with E-state index in [9.17, 15) is 13.2 Å². The first kappa shape index (κ1) is 22.9. The monoisotopic (exact) mass is 431 g/mol. The molecular formula is C19H30ClN3O4S. The number of carbonyl (C=O) groups is 1. The molecule has 1 amide bonds. The number of sulfonamides is 1. The number of nitrogens with one attached hydrogen (secondary N) is 2. The van der Waals surface area contributed by atoms with Crippen molar-refractivity contribution in [2.45, 2.75) is 62.3 Å². The van der Waals surface area contributed by atoms with Crippen molar-refractivity contribution in [3.63, 3.8) is 0 Å². The number of anilines is 1. The van der Waals surface area contributed by atoms with E-state index in [1.54, 1.807) is 12.1 Å². The summed E-state index contributed by atoms with van der Waals surface area (Å²) in [5, 5.41) is 2.84. The molecule has 0 heterocycles. The number of rotatable bonds is 8. The third-order valence-electron chi connectivity index (χ3n) is 5.52. The number of ether oxygens (including phenoxy) is 1. The zero-order valence-electron chi connectivity index (χ0n) is 16.2. The lowest BCUT2D eigenvalue weighted by Gasteiger charge is -2.35. The summed E-state index contributed by atoms with van der Waals surface area (Å²) in [4.78, 5) is 12.6. The SMILES string of the molecule is COc1ccc(NC(=O)CC2(CN)CCCCC2)cc1S(=O)(=O)NC1CC1.Cl. The molecule has 4 N–H and O–H groups in total. The van der Waals surface area contributed by atoms with Gasteiger partial charge in [-0.25, -0.2) is 13.1 Å². The molecule has 3 rings (SSSR count). The van der Waals surface area contributed by atoms with E-state index in [0.717, 1.165) is 38.5 Å². The summed E-state index contributed by atoms with van der Waals surface area (Å²) in [5.74, 6) is 0.123. The molecule has 7 nitrogen and oxygen atoms in total. The Morgan fingerprint density at radius 3 is 2.50 bits per heavy atom. The molecule has 2 aliphatic carbocycles. The second-order valence-electron chi connectivity index (χ2n) is 7.75. The summed E-state index contributed by atoms with van der Waals surface area (Å²) in [7, 11) is -2.26. The number of halogens is 1. The van der Waals surface area contributed by atoms with Crippen LogP contribution in [-0.4, -0.2) is 34.0 Å². The van der Waals surface area contributed by atoms with E-state index in [-0.39, 0.29) is 40.4 Å². The van der Waals surface area contributed by atoms with Crippen molar-refractivity contribution in [1.82, 2.24) is 4.72 Å². The fraction of sp³-hybridized carbons (Fsp3) is 0.632. The third-order valence-corrected chi connectivity index (χ3v) is 7.06. The van der Waals surface area contributed by atoms with Gasteiger partial charge in [-0.15, -0.1) is 12.4 Å². The first-order chi connectivity index (χ1) is 12.9. The molecular weight excluding hydrogens is 402 g/mol. The fourth-order valence-corrected chi connectivity index (χ4v) is 5.25. The highest BCUT2D eigenvalue weighted by Crippen LogP contribution is 2.38. The first-order valence-electron chi connectivity index (χ1n) is 9.58. The van der Waals surface area contributed by atoms with E-state index in [4.69, 9.17) is 10.5 Å². The van der Waals surface area contributed by atoms with Crippen LogP contribution in [0.5, 0.6) is 5.75 Å². The van der Waals surface area contributed by atoms with Gasteiger partial charge in [0.2, 0.25) is 15.9 Å². The summed E-state index contributed by atoms with van der Waals surface area (Å²) >= 11 is 0. The van der Waals surface area contributed by atoms with Crippen LogP contribution in [0.3, 0.4) is 0 Å². The summed E-state index contributed by atoms with van der Waals surface area (Å²) in [6.45, 7) is 0.494. The highest BCUT2D eigenvalue weighted by Gasteiger charge is 2.33. The zero-order valence-corrected chi connectivity index (χ0v) is 17.8. The van der Waals surface area contributed by atoms with Gasteiger partial charge >= 0.3 is 0 Å². The zero-order chi connectivity index (χ0) is 19.5. The maximum atomic E-state index is 12.6. The molecule has 1 aromatic carbocycles. The molecule has 28 heavy (non-hydrogen) atoms. The molecule has 0 radical (unpaired) electrons. The molecule has 9 heteroatoms. The molecule has 0 unspecified atom stereocenters. The van der Waals surface area contributed by atoms with Gasteiger partial charge in [0.1, 0.15) is 10.6 Å². The van der Waals surface area contributed by atoms with E-state index in [1.807, 2.05) is 0 Å². The van der Waals surface area contributed by atoms with Gasteiger partial charge in [0.15, 0.2) is 0 Å². The smallest absolute Gasteiger partial charge is 0.244 e. The first-order valence-corrected chi connectivity index (χ1v) is 11.1. The van der Waals surface area contributed by atoms with Crippen LogP contribution >= 0.6 is 12.4 Å². The highest BCUT2D eigenvalue weighted by molar-refractivity contribution is 7.89. The van der Waals surface area contributed by atoms with Crippen LogP contribution in [0.15, 0.2) is 23.1 Å². The topological polar surface area (TPSA) is 111 Å². The van der Waals surface area contributed by atoms with Gasteiger partial charge in [0.25, 0.3) is 0 Å². The van der Waals surface area contributed by atoms with Gasteiger partial charge in [0, 0.05) is 18.2 Å². The van der Waals surface area contributed by atoms with Crippen molar-refractivity contribution in [1.29, 1.82) is 0 Å². The average Bonchev–Trinajstić information content (AvgIpc) is 3.45. The van der Waals surface area contributed by atoms with Crippen molar-refractivity contribution < 1.29 is 17.9 Å². The number of hydrogen-bond donors (Lipinski definition) is 3. The molecule has 2 aliphatic rings. The molecule has 0 spiro atoms. The van der Waals surface area contributed by atoms with Gasteiger partial charge in [-0.2, -0.15) is 0 Å². The highest BCUT2D eigenvalue weighted by atomic mass is 35.5. The van der Waals surface area contributed by atoms with Crippen LogP contribution in [0.1, 0.15) is 51.4 Å². The number of methoxy groups -OCH3 is 1.